The lowest BCUT2D eigenvalue weighted by Crippen LogP contribution is -2.37. The van der Waals surface area contributed by atoms with Crippen molar-refractivity contribution in [3.8, 4) is 40.2 Å². The summed E-state index contributed by atoms with van der Waals surface area (Å²) in [5.41, 5.74) is -2.02. The Bertz CT molecular complexity index is 6690. The zero-order chi connectivity index (χ0) is 101. The Labute approximate surface area is 748 Å². The van der Waals surface area contributed by atoms with Gasteiger partial charge in [-0.2, -0.15) is 0 Å². The predicted molar refractivity (Wildman–Crippen MR) is 472 cm³/mol. The fourth-order valence-corrected chi connectivity index (χ4v) is 17.2. The largest absolute Gasteiger partial charge is 0.496 e. The fraction of sp³-hybridized carbons (Fsp3) is 0.318. The number of benzene rings is 8. The van der Waals surface area contributed by atoms with Crippen LogP contribution in [0.3, 0.4) is 0 Å². The van der Waals surface area contributed by atoms with Gasteiger partial charge in [0.1, 0.15) is 45.1 Å². The number of imide groups is 4. The molecule has 12 rings (SSSR count). The molecule has 0 bridgehead atoms. The molecule has 0 saturated carbocycles. The molecule has 0 radical (unpaired) electrons. The van der Waals surface area contributed by atoms with Crippen LogP contribution in [-0.4, -0.2) is 220 Å². The molecule has 0 fully saturated rings. The second-order valence-corrected chi connectivity index (χ2v) is 36.7. The monoisotopic (exact) mass is 1840 g/mol. The van der Waals surface area contributed by atoms with Crippen molar-refractivity contribution in [2.45, 2.75) is 87.0 Å². The van der Waals surface area contributed by atoms with Crippen molar-refractivity contribution in [2.24, 2.45) is 0 Å². The van der Waals surface area contributed by atoms with E-state index in [1.807, 2.05) is 0 Å². The molecule has 0 saturated heterocycles. The lowest BCUT2D eigenvalue weighted by atomic mass is 10.0. The lowest BCUT2D eigenvalue weighted by Gasteiger charge is -2.27. The van der Waals surface area contributed by atoms with E-state index in [0.717, 1.165) is 60.1 Å². The van der Waals surface area contributed by atoms with E-state index in [0.29, 0.717) is 27.4 Å². The molecule has 4 heterocycles. The fourth-order valence-electron chi connectivity index (χ4n) is 13.9. The number of anilines is 4. The van der Waals surface area contributed by atoms with Crippen LogP contribution in [0.5, 0.6) is 40.2 Å². The van der Waals surface area contributed by atoms with Gasteiger partial charge in [0, 0.05) is 55.5 Å². The third-order valence-corrected chi connectivity index (χ3v) is 22.1. The minimum atomic E-state index is -4.54. The Morgan fingerprint density at radius 1 is 0.346 bits per heavy atom. The third kappa shape index (κ3) is 23.2. The summed E-state index contributed by atoms with van der Waals surface area (Å²) in [5, 5.41) is 9.99. The molecule has 12 amide bonds. The van der Waals surface area contributed by atoms with Gasteiger partial charge in [-0.1, -0.05) is 62.0 Å². The number of amides is 12. The highest BCUT2D eigenvalue weighted by atomic mass is 32.2. The van der Waals surface area contributed by atoms with Gasteiger partial charge in [-0.3, -0.25) is 77.1 Å². The van der Waals surface area contributed by atoms with Crippen LogP contribution in [0.2, 0.25) is 0 Å². The highest BCUT2D eigenvalue weighted by Crippen LogP contribution is 2.44. The van der Waals surface area contributed by atoms with Gasteiger partial charge in [0.05, 0.1) is 172 Å². The molecule has 4 N–H and O–H groups in total. The molecule has 35 nitrogen and oxygen atoms in total. The van der Waals surface area contributed by atoms with E-state index in [1.165, 1.54) is 172 Å². The number of hydrogen-bond donors (Lipinski definition) is 4. The average molecular weight is 1840 g/mol. The van der Waals surface area contributed by atoms with Gasteiger partial charge >= 0.3 is 0 Å². The van der Waals surface area contributed by atoms with E-state index in [2.05, 4.69) is 21.3 Å². The number of nitrogens with zero attached hydrogens (tertiary/aromatic N) is 4. The van der Waals surface area contributed by atoms with Crippen molar-refractivity contribution >= 4 is 133 Å². The second-order valence-electron chi connectivity index (χ2n) is 28.4. The topological polar surface area (TPSA) is 467 Å². The average Bonchev–Trinajstić information content (AvgIpc) is 1.52. The Hall–Kier alpha value is -13.4. The van der Waals surface area contributed by atoms with Gasteiger partial charge in [-0.25, -0.2) is 33.7 Å². The number of nitrogens with one attached hydrogen (secondary N) is 4. The van der Waals surface area contributed by atoms with Gasteiger partial charge in [-0.15, -0.1) is 0 Å². The van der Waals surface area contributed by atoms with Crippen molar-refractivity contribution < 1.29 is 137 Å². The number of rotatable bonds is 30. The molecule has 8 aromatic rings. The number of sulfone groups is 4. The number of hydrogen-bond acceptors (Lipinski definition) is 27. The minimum absolute atomic E-state index is 0. The highest BCUT2D eigenvalue weighted by molar-refractivity contribution is 7.91. The zero-order valence-electron chi connectivity index (χ0n) is 79.7. The molecule has 676 valence electrons. The molecule has 127 heavy (non-hydrogen) atoms. The summed E-state index contributed by atoms with van der Waals surface area (Å²) in [5.74, 6) is -9.85. The first-order valence-corrected chi connectivity index (χ1v) is 45.5. The maximum absolute atomic E-state index is 13.5. The highest BCUT2D eigenvalue weighted by Gasteiger charge is 2.48. The van der Waals surface area contributed by atoms with E-state index < -0.39 is 171 Å². The van der Waals surface area contributed by atoms with Crippen molar-refractivity contribution in [1.29, 1.82) is 0 Å². The number of fused-ring (bicyclic) bond motifs is 4. The summed E-state index contributed by atoms with van der Waals surface area (Å²) in [4.78, 5) is 156. The number of ether oxygens (including phenoxy) is 7. The van der Waals surface area contributed by atoms with E-state index in [-0.39, 0.29) is 132 Å². The van der Waals surface area contributed by atoms with Crippen LogP contribution in [0, 0.1) is 6.92 Å². The smallest absolute Gasteiger partial charge is 0.264 e. The Kier molecular flexibility index (Phi) is 27.8. The molecular formula is C88H98N8O27S4. The lowest BCUT2D eigenvalue weighted by molar-refractivity contribution is -0.115. The molecule has 0 aliphatic carbocycles. The molecule has 8 aromatic carbocycles. The number of methoxy groups -OCH3 is 4. The molecule has 0 spiro atoms. The third-order valence-electron chi connectivity index (χ3n) is 18.8. The van der Waals surface area contributed by atoms with Crippen LogP contribution in [0.25, 0.3) is 0 Å². The van der Waals surface area contributed by atoms with Crippen LogP contribution in [-0.2, 0) is 58.5 Å². The SMILES string of the molecule is C.COc1ccc(C(CS(C)(=O)=O)N2C(=O)c3cccc(NC(C)=O)c3C2=O)cc1C.[2H]C([2H])(C)Oc1cc(C(CS(C)(=O)=O)N2C(=O)c3cccc(NC(C)=O)c3C2=O)ccc1OC.[2H]C([2H])(C)Oc1cc(C(N2C(=O)c3cccc(NC(C)=O)c3C2=O)C([2H])([2H])S(C)(=O)=O)ccc1OC.[2H]C([2H])(C)Oc1cc(C([2H])(CS(C)(=O)=O)N2C(=O)c3cccc(NC(C)=O)c3C2=O)ccc1OC. The number of aryl methyl sites for hydroxylation is 1. The predicted octanol–water partition coefficient (Wildman–Crippen LogP) is 10.3. The second kappa shape index (κ2) is 41.2. The normalized spacial score (nSPS) is 15.9. The van der Waals surface area contributed by atoms with E-state index >= 15 is 0 Å². The van der Waals surface area contributed by atoms with Crippen LogP contribution < -0.4 is 54.4 Å². The van der Waals surface area contributed by atoms with E-state index in [9.17, 15) is 91.2 Å². The zero-order valence-corrected chi connectivity index (χ0v) is 73.9. The summed E-state index contributed by atoms with van der Waals surface area (Å²) in [6, 6.07) is 27.3. The number of carbonyl (C=O) groups excluding carboxylic acids is 12. The van der Waals surface area contributed by atoms with Crippen LogP contribution in [0.1, 0.15) is 203 Å². The Balaban J connectivity index is 0.000000223. The summed E-state index contributed by atoms with van der Waals surface area (Å²) in [7, 11) is -10.3. The summed E-state index contributed by atoms with van der Waals surface area (Å²) < 4.78 is 208. The van der Waals surface area contributed by atoms with Crippen LogP contribution >= 0.6 is 0 Å². The Morgan fingerprint density at radius 2 is 0.606 bits per heavy atom. The molecule has 39 heteroatoms. The van der Waals surface area contributed by atoms with Gasteiger partial charge in [0.25, 0.3) is 47.3 Å². The van der Waals surface area contributed by atoms with Gasteiger partial charge in [0.15, 0.2) is 34.5 Å². The number of carbonyl (C=O) groups is 12. The van der Waals surface area contributed by atoms with Crippen molar-refractivity contribution in [1.82, 2.24) is 19.6 Å². The first-order chi connectivity index (χ1) is 62.3. The van der Waals surface area contributed by atoms with Gasteiger partial charge in [0.2, 0.25) is 23.6 Å². The molecule has 4 aliphatic heterocycles. The van der Waals surface area contributed by atoms with Crippen molar-refractivity contribution in [2.75, 3.05) is 117 Å². The summed E-state index contributed by atoms with van der Waals surface area (Å²) in [6.07, 6.45) is 3.53. The van der Waals surface area contributed by atoms with Crippen LogP contribution in [0.4, 0.5) is 22.7 Å². The first-order valence-electron chi connectivity index (χ1n) is 42.0. The molecule has 4 aliphatic rings. The summed E-state index contributed by atoms with van der Waals surface area (Å²) >= 11 is 0. The van der Waals surface area contributed by atoms with E-state index in [4.69, 9.17) is 45.5 Å². The standard InChI is InChI=1S/3C22H24N2O7S.C21H22N2O6S.CH4/c3*1-5-31-19-11-14(9-10-18(19)30-3)17(12-32(4,28)29)24-21(26)15-7-6-8-16(23-13(2)25)20(15)22(24)27;1-12-10-14(8-9-18(12)29-3)17(11-30(4,27)28)23-20(25)15-6-5-7-16(22-13(2)24)19(15)21(23)26;/h3*6-11,17H,5,12H2,1-4H3,(H,23,25);5-10,17H,11H2,1-4H3,(H,22,24);1H4/i5D2,17D;5D2,12D2;5D2;;. The van der Waals surface area contributed by atoms with E-state index in [1.54, 1.807) is 31.2 Å². The van der Waals surface area contributed by atoms with Crippen molar-refractivity contribution in [3.05, 3.63) is 218 Å². The van der Waals surface area contributed by atoms with Crippen molar-refractivity contribution in [3.63, 3.8) is 0 Å². The minimum Gasteiger partial charge on any atom is -0.496 e. The maximum Gasteiger partial charge on any atom is 0.264 e. The molecule has 0 aromatic heterocycles. The molecule has 4 atom stereocenters. The molecule has 4 unspecified atom stereocenters. The van der Waals surface area contributed by atoms with Crippen LogP contribution in [0.15, 0.2) is 146 Å². The van der Waals surface area contributed by atoms with Gasteiger partial charge < -0.3 is 54.4 Å². The summed E-state index contributed by atoms with van der Waals surface area (Å²) in [6.45, 7) is 3.77. The maximum atomic E-state index is 13.5. The Morgan fingerprint density at radius 3 is 0.882 bits per heavy atom. The first kappa shape index (κ1) is 85.8. The quantitative estimate of drug-likeness (QED) is 0.0304. The van der Waals surface area contributed by atoms with Gasteiger partial charge in [-0.05, 0) is 147 Å². The molecular weight excluding hydrogens is 1730 g/mol.